The molecule has 5 rings (SSSR count). The van der Waals surface area contributed by atoms with Crippen molar-refractivity contribution in [1.29, 1.82) is 0 Å². The van der Waals surface area contributed by atoms with Crippen LogP contribution >= 0.6 is 0 Å². The van der Waals surface area contributed by atoms with E-state index in [0.29, 0.717) is 0 Å². The van der Waals surface area contributed by atoms with Crippen LogP contribution in [-0.2, 0) is 25.7 Å². The molecule has 0 aliphatic carbocycles. The van der Waals surface area contributed by atoms with Crippen molar-refractivity contribution in [3.63, 3.8) is 0 Å². The third-order valence-corrected chi connectivity index (χ3v) is 12.9. The minimum Gasteiger partial charge on any atom is -0.279 e. The molecule has 0 amide bonds. The molecular formula is C59H85N5. The van der Waals surface area contributed by atoms with E-state index in [0.717, 1.165) is 60.3 Å². The summed E-state index contributed by atoms with van der Waals surface area (Å²) < 4.78 is 0. The van der Waals surface area contributed by atoms with Gasteiger partial charge in [-0.15, -0.1) is 0 Å². The zero-order valence-electron chi connectivity index (χ0n) is 40.9. The summed E-state index contributed by atoms with van der Waals surface area (Å²) in [5.41, 5.74) is 7.60. The number of hydrogen-bond donors (Lipinski definition) is 0. The molecule has 0 saturated heterocycles. The van der Waals surface area contributed by atoms with Crippen molar-refractivity contribution in [2.24, 2.45) is 0 Å². The van der Waals surface area contributed by atoms with Gasteiger partial charge in [-0.2, -0.15) is 0 Å². The second-order valence-corrected chi connectivity index (χ2v) is 18.5. The van der Waals surface area contributed by atoms with Crippen LogP contribution in [0.4, 0.5) is 34.6 Å². The lowest BCUT2D eigenvalue weighted by Crippen LogP contribution is -2.17. The number of rotatable bonds is 34. The molecule has 0 saturated carbocycles. The van der Waals surface area contributed by atoms with E-state index in [1.807, 2.05) is 12.4 Å². The molecule has 3 aromatic heterocycles. The molecule has 0 spiro atoms. The molecule has 5 aromatic rings. The van der Waals surface area contributed by atoms with Gasteiger partial charge >= 0.3 is 0 Å². The van der Waals surface area contributed by atoms with Gasteiger partial charge in [-0.1, -0.05) is 186 Å². The Labute approximate surface area is 391 Å². The van der Waals surface area contributed by atoms with Gasteiger partial charge in [0.05, 0.1) is 0 Å². The van der Waals surface area contributed by atoms with E-state index in [4.69, 9.17) is 15.0 Å². The Kier molecular flexibility index (Phi) is 24.1. The first kappa shape index (κ1) is 50.5. The summed E-state index contributed by atoms with van der Waals surface area (Å²) in [5.74, 6) is 3.54. The van der Waals surface area contributed by atoms with Crippen molar-refractivity contribution in [2.45, 2.75) is 207 Å². The fraction of sp³-hybridized carbons (Fsp3) is 0.542. The maximum atomic E-state index is 5.59. The minimum atomic E-state index is 0.856. The number of aryl methyl sites for hydroxylation is 4. The smallest absolute Gasteiger partial charge is 0.141 e. The van der Waals surface area contributed by atoms with Crippen molar-refractivity contribution < 1.29 is 0 Å². The summed E-state index contributed by atoms with van der Waals surface area (Å²) in [6.45, 7) is 9.16. The van der Waals surface area contributed by atoms with E-state index in [2.05, 4.69) is 128 Å². The summed E-state index contributed by atoms with van der Waals surface area (Å²) in [5, 5.41) is 0. The highest BCUT2D eigenvalue weighted by Crippen LogP contribution is 2.38. The summed E-state index contributed by atoms with van der Waals surface area (Å²) in [6, 6.07) is 33.7. The maximum absolute atomic E-state index is 5.59. The number of anilines is 6. The lowest BCUT2D eigenvalue weighted by Gasteiger charge is -2.28. The average molecular weight is 864 g/mol. The molecular weight excluding hydrogens is 779 g/mol. The lowest BCUT2D eigenvalue weighted by atomic mass is 10.0. The highest BCUT2D eigenvalue weighted by molar-refractivity contribution is 5.77. The fourth-order valence-corrected chi connectivity index (χ4v) is 9.04. The van der Waals surface area contributed by atoms with Crippen LogP contribution in [0.25, 0.3) is 0 Å². The molecule has 0 radical (unpaired) electrons. The first-order valence-corrected chi connectivity index (χ1v) is 26.3. The van der Waals surface area contributed by atoms with Gasteiger partial charge in [0.2, 0.25) is 0 Å². The van der Waals surface area contributed by atoms with Crippen LogP contribution in [-0.4, -0.2) is 15.0 Å². The molecule has 64 heavy (non-hydrogen) atoms. The Balaban J connectivity index is 1.50. The van der Waals surface area contributed by atoms with Gasteiger partial charge in [0.25, 0.3) is 0 Å². The van der Waals surface area contributed by atoms with E-state index in [-0.39, 0.29) is 0 Å². The quantitative estimate of drug-likeness (QED) is 0.0386. The van der Waals surface area contributed by atoms with Crippen LogP contribution in [0.1, 0.15) is 204 Å². The standard InChI is InChI=1S/C59H85N5/c1-5-9-13-17-21-25-32-50-36-29-38-54(46-50)63(58-48-52(42-44-60-58)34-27-23-19-15-11-7-3)56-40-31-41-57(62-56)64(55-39-30-37-51(47-55)33-26-22-18-14-10-6-2)59-49-53(43-45-61-59)35-28-24-20-16-12-8-4/h29-31,36-49H,5-28,32-35H2,1-4H3. The highest BCUT2D eigenvalue weighted by atomic mass is 15.3. The van der Waals surface area contributed by atoms with Crippen LogP contribution < -0.4 is 9.80 Å². The first-order valence-electron chi connectivity index (χ1n) is 26.3. The van der Waals surface area contributed by atoms with Crippen molar-refractivity contribution in [2.75, 3.05) is 9.80 Å². The molecule has 0 atom stereocenters. The number of pyridine rings is 3. The van der Waals surface area contributed by atoms with Gasteiger partial charge in [0.1, 0.15) is 23.3 Å². The Morgan fingerprint density at radius 2 is 0.625 bits per heavy atom. The van der Waals surface area contributed by atoms with Gasteiger partial charge < -0.3 is 0 Å². The first-order chi connectivity index (χ1) is 31.6. The predicted molar refractivity (Wildman–Crippen MR) is 278 cm³/mol. The molecule has 5 nitrogen and oxygen atoms in total. The number of nitrogens with zero attached hydrogens (tertiary/aromatic N) is 5. The fourth-order valence-electron chi connectivity index (χ4n) is 9.04. The maximum Gasteiger partial charge on any atom is 0.141 e. The second kappa shape index (κ2) is 30.6. The largest absolute Gasteiger partial charge is 0.279 e. The highest BCUT2D eigenvalue weighted by Gasteiger charge is 2.21. The Hall–Kier alpha value is -4.51. The number of benzene rings is 2. The van der Waals surface area contributed by atoms with Crippen LogP contribution in [0.2, 0.25) is 0 Å². The van der Waals surface area contributed by atoms with Gasteiger partial charge in [-0.25, -0.2) is 15.0 Å². The zero-order valence-corrected chi connectivity index (χ0v) is 40.9. The number of aromatic nitrogens is 3. The van der Waals surface area contributed by atoms with Gasteiger partial charge in [0.15, 0.2) is 0 Å². The van der Waals surface area contributed by atoms with Crippen molar-refractivity contribution in [3.05, 3.63) is 126 Å². The molecule has 3 heterocycles. The summed E-state index contributed by atoms with van der Waals surface area (Å²) in [4.78, 5) is 20.3. The van der Waals surface area contributed by atoms with E-state index in [9.17, 15) is 0 Å². The third-order valence-electron chi connectivity index (χ3n) is 12.9. The Morgan fingerprint density at radius 1 is 0.312 bits per heavy atom. The van der Waals surface area contributed by atoms with Gasteiger partial charge in [-0.05, 0) is 134 Å². The summed E-state index contributed by atoms with van der Waals surface area (Å²) in [7, 11) is 0. The second-order valence-electron chi connectivity index (χ2n) is 18.5. The van der Waals surface area contributed by atoms with E-state index >= 15 is 0 Å². The third kappa shape index (κ3) is 17.8. The molecule has 0 aliphatic rings. The average Bonchev–Trinajstić information content (AvgIpc) is 3.32. The van der Waals surface area contributed by atoms with Gasteiger partial charge in [-0.3, -0.25) is 9.80 Å². The summed E-state index contributed by atoms with van der Waals surface area (Å²) >= 11 is 0. The molecule has 0 fully saturated rings. The molecule has 2 aromatic carbocycles. The zero-order chi connectivity index (χ0) is 44.9. The van der Waals surface area contributed by atoms with E-state index in [1.54, 1.807) is 0 Å². The topological polar surface area (TPSA) is 45.2 Å². The monoisotopic (exact) mass is 864 g/mol. The molecule has 5 heteroatoms. The summed E-state index contributed by atoms with van der Waals surface area (Å²) in [6.07, 6.45) is 39.3. The molecule has 0 unspecified atom stereocenters. The van der Waals surface area contributed by atoms with Crippen molar-refractivity contribution >= 4 is 34.6 Å². The molecule has 0 aliphatic heterocycles. The van der Waals surface area contributed by atoms with Crippen LogP contribution in [0, 0.1) is 0 Å². The SMILES string of the molecule is CCCCCCCCc1cccc(N(c2cc(CCCCCCCC)ccn2)c2cccc(N(c3cccc(CCCCCCCC)c3)c3cc(CCCCCCCC)ccn3)n2)c1. The van der Waals surface area contributed by atoms with Gasteiger partial charge in [0, 0.05) is 23.8 Å². The van der Waals surface area contributed by atoms with Crippen LogP contribution in [0.3, 0.4) is 0 Å². The minimum absolute atomic E-state index is 0.856. The van der Waals surface area contributed by atoms with E-state index in [1.165, 1.54) is 176 Å². The van der Waals surface area contributed by atoms with Crippen LogP contribution in [0.5, 0.6) is 0 Å². The van der Waals surface area contributed by atoms with Crippen LogP contribution in [0.15, 0.2) is 103 Å². The molecule has 346 valence electrons. The number of unbranched alkanes of at least 4 members (excludes halogenated alkanes) is 20. The normalized spacial score (nSPS) is 11.3. The Morgan fingerprint density at radius 3 is 0.984 bits per heavy atom. The van der Waals surface area contributed by atoms with Crippen molar-refractivity contribution in [1.82, 2.24) is 15.0 Å². The predicted octanol–water partition coefficient (Wildman–Crippen LogP) is 18.4. The molecule has 0 N–H and O–H groups in total. The van der Waals surface area contributed by atoms with E-state index < -0.39 is 0 Å². The molecule has 0 bridgehead atoms. The Bertz CT molecular complexity index is 1730. The number of hydrogen-bond acceptors (Lipinski definition) is 5. The lowest BCUT2D eigenvalue weighted by molar-refractivity contribution is 0.607. The van der Waals surface area contributed by atoms with Crippen molar-refractivity contribution in [3.8, 4) is 0 Å².